The quantitative estimate of drug-likeness (QED) is 0.783. The topological polar surface area (TPSA) is 69.7 Å². The van der Waals surface area contributed by atoms with Crippen LogP contribution in [0.15, 0.2) is 18.3 Å². The minimum atomic E-state index is -0.162. The first-order valence-corrected chi connectivity index (χ1v) is 10.5. The second-order valence-corrected chi connectivity index (χ2v) is 8.71. The smallest absolute Gasteiger partial charge is 0.319 e. The van der Waals surface area contributed by atoms with E-state index in [9.17, 15) is 4.79 Å². The molecule has 1 aromatic heterocycles. The number of morpholine rings is 1. The maximum atomic E-state index is 12.2. The lowest BCUT2D eigenvalue weighted by Crippen LogP contribution is -2.45. The highest BCUT2D eigenvalue weighted by Gasteiger charge is 2.24. The summed E-state index contributed by atoms with van der Waals surface area (Å²) in [6.07, 6.45) is 3.27. The summed E-state index contributed by atoms with van der Waals surface area (Å²) in [6.45, 7) is 14.4. The summed E-state index contributed by atoms with van der Waals surface area (Å²) in [7, 11) is 0. The molecular formula is C21H35N5O2. The van der Waals surface area contributed by atoms with Crippen molar-refractivity contribution in [2.45, 2.75) is 46.3 Å². The van der Waals surface area contributed by atoms with E-state index in [2.05, 4.69) is 53.1 Å². The normalized spacial score (nSPS) is 25.9. The Bertz CT molecular complexity index is 626. The molecule has 0 aliphatic carbocycles. The fourth-order valence-corrected chi connectivity index (χ4v) is 4.19. The van der Waals surface area contributed by atoms with Crippen LogP contribution in [-0.2, 0) is 4.74 Å². The molecule has 7 heteroatoms. The van der Waals surface area contributed by atoms with Gasteiger partial charge in [-0.2, -0.15) is 0 Å². The van der Waals surface area contributed by atoms with Gasteiger partial charge in [0.1, 0.15) is 5.82 Å². The summed E-state index contributed by atoms with van der Waals surface area (Å²) >= 11 is 0. The van der Waals surface area contributed by atoms with Crippen LogP contribution in [0.3, 0.4) is 0 Å². The number of hydrogen-bond donors (Lipinski definition) is 2. The number of aromatic nitrogens is 1. The van der Waals surface area contributed by atoms with Crippen LogP contribution >= 0.6 is 0 Å². The van der Waals surface area contributed by atoms with Crippen LogP contribution in [0.2, 0.25) is 0 Å². The van der Waals surface area contributed by atoms with Crippen molar-refractivity contribution in [2.75, 3.05) is 49.5 Å². The molecule has 2 amide bonds. The first kappa shape index (κ1) is 20.9. The second kappa shape index (κ2) is 9.56. The zero-order chi connectivity index (χ0) is 20.1. The molecule has 2 aliphatic rings. The number of anilines is 2. The minimum Gasteiger partial charge on any atom is -0.372 e. The van der Waals surface area contributed by atoms with E-state index in [0.717, 1.165) is 51.5 Å². The number of nitrogens with one attached hydrogen (secondary N) is 2. The predicted octanol–water partition coefficient (Wildman–Crippen LogP) is 2.79. The van der Waals surface area contributed by atoms with Crippen molar-refractivity contribution in [2.24, 2.45) is 11.8 Å². The number of ether oxygens (including phenoxy) is 1. The molecule has 2 N–H and O–H groups in total. The first-order valence-electron chi connectivity index (χ1n) is 10.5. The molecule has 3 atom stereocenters. The van der Waals surface area contributed by atoms with Gasteiger partial charge in [-0.3, -0.25) is 0 Å². The van der Waals surface area contributed by atoms with Crippen molar-refractivity contribution in [3.63, 3.8) is 0 Å². The van der Waals surface area contributed by atoms with E-state index < -0.39 is 0 Å². The van der Waals surface area contributed by atoms with E-state index in [0.29, 0.717) is 17.5 Å². The van der Waals surface area contributed by atoms with E-state index in [1.807, 2.05) is 12.1 Å². The summed E-state index contributed by atoms with van der Waals surface area (Å²) in [5.74, 6) is 2.15. The van der Waals surface area contributed by atoms with Crippen LogP contribution in [0.5, 0.6) is 0 Å². The second-order valence-electron chi connectivity index (χ2n) is 8.71. The van der Waals surface area contributed by atoms with Crippen molar-refractivity contribution in [1.82, 2.24) is 15.2 Å². The zero-order valence-corrected chi connectivity index (χ0v) is 17.6. The minimum absolute atomic E-state index is 0.162. The number of likely N-dealkylation sites (tertiary alicyclic amines) is 1. The van der Waals surface area contributed by atoms with Gasteiger partial charge in [-0.05, 0) is 50.8 Å². The van der Waals surface area contributed by atoms with Gasteiger partial charge < -0.3 is 25.2 Å². The highest BCUT2D eigenvalue weighted by Crippen LogP contribution is 2.20. The van der Waals surface area contributed by atoms with E-state index in [-0.39, 0.29) is 18.2 Å². The Morgan fingerprint density at radius 1 is 1.25 bits per heavy atom. The van der Waals surface area contributed by atoms with Crippen LogP contribution < -0.4 is 15.5 Å². The molecule has 3 rings (SSSR count). The summed E-state index contributed by atoms with van der Waals surface area (Å²) in [6, 6.07) is 3.71. The number of carbonyl (C=O) groups excluding carboxylic acids is 1. The van der Waals surface area contributed by atoms with E-state index in [1.165, 1.54) is 0 Å². The van der Waals surface area contributed by atoms with Crippen LogP contribution in [0.25, 0.3) is 0 Å². The molecule has 2 aliphatic heterocycles. The fraction of sp³-hybridized carbons (Fsp3) is 0.714. The number of carbonyl (C=O) groups is 1. The summed E-state index contributed by atoms with van der Waals surface area (Å²) < 4.78 is 5.77. The Balaban J connectivity index is 1.42. The lowest BCUT2D eigenvalue weighted by atomic mass is 10.1. The summed E-state index contributed by atoms with van der Waals surface area (Å²) in [4.78, 5) is 21.4. The van der Waals surface area contributed by atoms with Gasteiger partial charge in [0, 0.05) is 32.7 Å². The van der Waals surface area contributed by atoms with Gasteiger partial charge in [0.05, 0.1) is 24.1 Å². The molecule has 0 radical (unpaired) electrons. The standard InChI is InChI=1S/C21H35N5O2/c1-15(2)11-25-8-7-18(14-25)9-23-21(27)24-19-5-6-20(22-10-19)26-12-16(3)28-17(4)13-26/h5-6,10,15-18H,7-9,11-14H2,1-4H3,(H2,23,24,27)/t16-,17+,18-/m1/s1. The molecule has 0 saturated carbocycles. The third kappa shape index (κ3) is 6.07. The van der Waals surface area contributed by atoms with E-state index in [4.69, 9.17) is 4.74 Å². The number of amides is 2. The molecule has 1 aromatic rings. The highest BCUT2D eigenvalue weighted by atomic mass is 16.5. The molecule has 2 saturated heterocycles. The number of pyridine rings is 1. The predicted molar refractivity (Wildman–Crippen MR) is 113 cm³/mol. The van der Waals surface area contributed by atoms with E-state index in [1.54, 1.807) is 6.20 Å². The molecule has 3 heterocycles. The SMILES string of the molecule is CC(C)CN1CC[C@H](CNC(=O)Nc2ccc(N3C[C@@H](C)O[C@@H](C)C3)nc2)C1. The molecular weight excluding hydrogens is 354 g/mol. The van der Waals surface area contributed by atoms with Crippen molar-refractivity contribution in [1.29, 1.82) is 0 Å². The molecule has 0 aromatic carbocycles. The maximum Gasteiger partial charge on any atom is 0.319 e. The number of urea groups is 1. The Morgan fingerprint density at radius 2 is 2.00 bits per heavy atom. The Morgan fingerprint density at radius 3 is 2.64 bits per heavy atom. The van der Waals surface area contributed by atoms with Gasteiger partial charge in [-0.25, -0.2) is 9.78 Å². The van der Waals surface area contributed by atoms with Crippen molar-refractivity contribution >= 4 is 17.5 Å². The molecule has 0 bridgehead atoms. The average molecular weight is 390 g/mol. The largest absolute Gasteiger partial charge is 0.372 e. The van der Waals surface area contributed by atoms with Crippen LogP contribution in [0.4, 0.5) is 16.3 Å². The Hall–Kier alpha value is -1.86. The maximum absolute atomic E-state index is 12.2. The number of nitrogens with zero attached hydrogens (tertiary/aromatic N) is 3. The van der Waals surface area contributed by atoms with Crippen molar-refractivity contribution in [3.05, 3.63) is 18.3 Å². The molecule has 0 unspecified atom stereocenters. The molecule has 156 valence electrons. The average Bonchev–Trinajstić information content (AvgIpc) is 3.06. The molecule has 28 heavy (non-hydrogen) atoms. The Kier molecular flexibility index (Phi) is 7.13. The Labute approximate surface area is 168 Å². The van der Waals surface area contributed by atoms with E-state index >= 15 is 0 Å². The van der Waals surface area contributed by atoms with Gasteiger partial charge in [-0.1, -0.05) is 13.8 Å². The lowest BCUT2D eigenvalue weighted by Gasteiger charge is -2.36. The van der Waals surface area contributed by atoms with Gasteiger partial charge in [-0.15, -0.1) is 0 Å². The van der Waals surface area contributed by atoms with Crippen molar-refractivity contribution < 1.29 is 9.53 Å². The monoisotopic (exact) mass is 389 g/mol. The van der Waals surface area contributed by atoms with Crippen LogP contribution in [-0.4, -0.2) is 67.4 Å². The third-order valence-electron chi connectivity index (χ3n) is 5.29. The molecule has 0 spiro atoms. The van der Waals surface area contributed by atoms with Crippen molar-refractivity contribution in [3.8, 4) is 0 Å². The van der Waals surface area contributed by atoms with Gasteiger partial charge in [0.25, 0.3) is 0 Å². The zero-order valence-electron chi connectivity index (χ0n) is 17.6. The van der Waals surface area contributed by atoms with Gasteiger partial charge >= 0.3 is 6.03 Å². The summed E-state index contributed by atoms with van der Waals surface area (Å²) in [5, 5.41) is 5.89. The highest BCUT2D eigenvalue weighted by molar-refractivity contribution is 5.89. The summed E-state index contributed by atoms with van der Waals surface area (Å²) in [5.41, 5.74) is 0.712. The van der Waals surface area contributed by atoms with Crippen LogP contribution in [0.1, 0.15) is 34.1 Å². The molecule has 7 nitrogen and oxygen atoms in total. The number of rotatable bonds is 6. The third-order valence-corrected chi connectivity index (χ3v) is 5.29. The van der Waals surface area contributed by atoms with Gasteiger partial charge in [0.15, 0.2) is 0 Å². The van der Waals surface area contributed by atoms with Crippen LogP contribution in [0, 0.1) is 11.8 Å². The lowest BCUT2D eigenvalue weighted by molar-refractivity contribution is -0.00545. The fourth-order valence-electron chi connectivity index (χ4n) is 4.19. The number of hydrogen-bond acceptors (Lipinski definition) is 5. The van der Waals surface area contributed by atoms with Gasteiger partial charge in [0.2, 0.25) is 0 Å². The molecule has 2 fully saturated rings. The first-order chi connectivity index (χ1) is 13.4.